The van der Waals surface area contributed by atoms with Gasteiger partial charge in [0.15, 0.2) is 5.82 Å². The highest BCUT2D eigenvalue weighted by atomic mass is 16.5. The lowest BCUT2D eigenvalue weighted by Gasteiger charge is -2.13. The van der Waals surface area contributed by atoms with Gasteiger partial charge in [0.2, 0.25) is 5.95 Å². The maximum Gasteiger partial charge on any atom is 0.321 e. The van der Waals surface area contributed by atoms with Gasteiger partial charge in [-0.05, 0) is 31.0 Å². The zero-order valence-electron chi connectivity index (χ0n) is 11.4. The molecule has 2 aromatic rings. The van der Waals surface area contributed by atoms with Crippen molar-refractivity contribution in [3.63, 3.8) is 0 Å². The van der Waals surface area contributed by atoms with E-state index in [2.05, 4.69) is 15.0 Å². The Kier molecular flexibility index (Phi) is 3.50. The van der Waals surface area contributed by atoms with E-state index in [0.29, 0.717) is 5.82 Å². The summed E-state index contributed by atoms with van der Waals surface area (Å²) in [6.07, 6.45) is 0. The van der Waals surface area contributed by atoms with Crippen LogP contribution in [0.1, 0.15) is 11.1 Å². The highest BCUT2D eigenvalue weighted by molar-refractivity contribution is 5.68. The molecule has 19 heavy (non-hydrogen) atoms. The van der Waals surface area contributed by atoms with Crippen LogP contribution < -0.4 is 15.2 Å². The molecule has 1 aromatic heterocycles. The molecule has 100 valence electrons. The van der Waals surface area contributed by atoms with E-state index in [0.717, 1.165) is 22.4 Å². The number of hydrogen-bond acceptors (Lipinski definition) is 6. The van der Waals surface area contributed by atoms with E-state index in [-0.39, 0.29) is 12.0 Å². The number of anilines is 1. The van der Waals surface area contributed by atoms with Crippen molar-refractivity contribution < 1.29 is 9.47 Å². The summed E-state index contributed by atoms with van der Waals surface area (Å²) in [4.78, 5) is 12.2. The third-order valence-electron chi connectivity index (χ3n) is 2.94. The summed E-state index contributed by atoms with van der Waals surface area (Å²) in [5.41, 5.74) is 8.58. The van der Waals surface area contributed by atoms with Crippen LogP contribution in [0.5, 0.6) is 11.8 Å². The number of aromatic nitrogens is 3. The quantitative estimate of drug-likeness (QED) is 0.905. The Balaban J connectivity index is 2.65. The number of rotatable bonds is 3. The first-order chi connectivity index (χ1) is 9.06. The van der Waals surface area contributed by atoms with Crippen molar-refractivity contribution in [2.75, 3.05) is 20.0 Å². The summed E-state index contributed by atoms with van der Waals surface area (Å²) in [6.45, 7) is 4.00. The Labute approximate surface area is 111 Å². The molecule has 6 heteroatoms. The van der Waals surface area contributed by atoms with Crippen molar-refractivity contribution in [1.29, 1.82) is 0 Å². The monoisotopic (exact) mass is 260 g/mol. The summed E-state index contributed by atoms with van der Waals surface area (Å²) in [7, 11) is 3.10. The molecule has 6 nitrogen and oxygen atoms in total. The number of ether oxygens (including phenoxy) is 2. The molecular formula is C13H16N4O2. The molecule has 2 N–H and O–H groups in total. The highest BCUT2D eigenvalue weighted by Crippen LogP contribution is 2.33. The van der Waals surface area contributed by atoms with Crippen molar-refractivity contribution in [1.82, 2.24) is 15.0 Å². The molecule has 1 aromatic carbocycles. The van der Waals surface area contributed by atoms with Crippen LogP contribution in [0.4, 0.5) is 5.95 Å². The smallest absolute Gasteiger partial charge is 0.321 e. The van der Waals surface area contributed by atoms with Crippen LogP contribution in [0.3, 0.4) is 0 Å². The Hall–Kier alpha value is -2.37. The lowest BCUT2D eigenvalue weighted by Crippen LogP contribution is -2.04. The average Bonchev–Trinajstić information content (AvgIpc) is 2.40. The van der Waals surface area contributed by atoms with E-state index in [1.54, 1.807) is 7.11 Å². The molecule has 0 amide bonds. The van der Waals surface area contributed by atoms with Gasteiger partial charge in [0.25, 0.3) is 0 Å². The van der Waals surface area contributed by atoms with Gasteiger partial charge in [-0.15, -0.1) is 0 Å². The number of nitrogen functional groups attached to an aromatic ring is 1. The minimum absolute atomic E-state index is 0.113. The fourth-order valence-corrected chi connectivity index (χ4v) is 1.81. The van der Waals surface area contributed by atoms with Gasteiger partial charge >= 0.3 is 6.01 Å². The zero-order valence-corrected chi connectivity index (χ0v) is 11.4. The largest absolute Gasteiger partial charge is 0.496 e. The van der Waals surface area contributed by atoms with Crippen molar-refractivity contribution >= 4 is 5.95 Å². The maximum absolute atomic E-state index is 5.65. The summed E-state index contributed by atoms with van der Waals surface area (Å²) in [6, 6.07) is 4.07. The molecule has 0 fully saturated rings. The van der Waals surface area contributed by atoms with E-state index in [9.17, 15) is 0 Å². The lowest BCUT2D eigenvalue weighted by atomic mass is 10.0. The SMILES string of the molecule is COc1nc(N)nc(-c2ccc(C)c(C)c2OC)n1. The van der Waals surface area contributed by atoms with E-state index >= 15 is 0 Å². The van der Waals surface area contributed by atoms with Crippen LogP contribution >= 0.6 is 0 Å². The van der Waals surface area contributed by atoms with Crippen LogP contribution in [0.25, 0.3) is 11.4 Å². The Morgan fingerprint density at radius 2 is 1.74 bits per heavy atom. The number of aryl methyl sites for hydroxylation is 1. The first-order valence-corrected chi connectivity index (χ1v) is 5.77. The topological polar surface area (TPSA) is 83.2 Å². The second kappa shape index (κ2) is 5.09. The fourth-order valence-electron chi connectivity index (χ4n) is 1.81. The van der Waals surface area contributed by atoms with E-state index in [1.165, 1.54) is 7.11 Å². The molecule has 0 aliphatic heterocycles. The molecule has 0 atom stereocenters. The van der Waals surface area contributed by atoms with Crippen molar-refractivity contribution in [2.45, 2.75) is 13.8 Å². The molecule has 0 aliphatic rings. The molecule has 0 bridgehead atoms. The van der Waals surface area contributed by atoms with Crippen molar-refractivity contribution in [3.8, 4) is 23.1 Å². The fraction of sp³-hybridized carbons (Fsp3) is 0.308. The van der Waals surface area contributed by atoms with Crippen LogP contribution in [-0.4, -0.2) is 29.2 Å². The molecule has 1 heterocycles. The molecule has 0 saturated carbocycles. The molecule has 0 aliphatic carbocycles. The zero-order chi connectivity index (χ0) is 14.0. The predicted molar refractivity (Wildman–Crippen MR) is 72.3 cm³/mol. The third kappa shape index (κ3) is 2.42. The van der Waals surface area contributed by atoms with Crippen LogP contribution in [-0.2, 0) is 0 Å². The standard InChI is InChI=1S/C13H16N4O2/c1-7-5-6-9(10(18-3)8(7)2)11-15-12(14)17-13(16-11)19-4/h5-6H,1-4H3,(H2,14,15,16,17). The molecule has 2 rings (SSSR count). The summed E-state index contributed by atoms with van der Waals surface area (Å²) >= 11 is 0. The van der Waals surface area contributed by atoms with Gasteiger partial charge in [-0.1, -0.05) is 6.07 Å². The van der Waals surface area contributed by atoms with Crippen LogP contribution in [0.15, 0.2) is 12.1 Å². The van der Waals surface area contributed by atoms with Gasteiger partial charge in [-0.3, -0.25) is 0 Å². The van der Waals surface area contributed by atoms with Crippen LogP contribution in [0, 0.1) is 13.8 Å². The van der Waals surface area contributed by atoms with Gasteiger partial charge in [-0.25, -0.2) is 0 Å². The predicted octanol–water partition coefficient (Wildman–Crippen LogP) is 1.75. The van der Waals surface area contributed by atoms with Gasteiger partial charge in [-0.2, -0.15) is 15.0 Å². The first-order valence-electron chi connectivity index (χ1n) is 5.77. The number of benzene rings is 1. The maximum atomic E-state index is 5.65. The van der Waals surface area contributed by atoms with Crippen LogP contribution in [0.2, 0.25) is 0 Å². The minimum atomic E-state index is 0.113. The molecule has 0 unspecified atom stereocenters. The van der Waals surface area contributed by atoms with Crippen molar-refractivity contribution in [2.24, 2.45) is 0 Å². The Bertz CT molecular complexity index is 614. The number of methoxy groups -OCH3 is 2. The Morgan fingerprint density at radius 3 is 2.37 bits per heavy atom. The third-order valence-corrected chi connectivity index (χ3v) is 2.94. The molecule has 0 spiro atoms. The molecule has 0 saturated heterocycles. The van der Waals surface area contributed by atoms with E-state index in [4.69, 9.17) is 15.2 Å². The summed E-state index contributed by atoms with van der Waals surface area (Å²) in [5.74, 6) is 1.28. The summed E-state index contributed by atoms with van der Waals surface area (Å²) in [5, 5.41) is 0. The number of nitrogens with two attached hydrogens (primary N) is 1. The Morgan fingerprint density at radius 1 is 1.00 bits per heavy atom. The van der Waals surface area contributed by atoms with Crippen molar-refractivity contribution in [3.05, 3.63) is 23.3 Å². The van der Waals surface area contributed by atoms with Gasteiger partial charge < -0.3 is 15.2 Å². The number of hydrogen-bond donors (Lipinski definition) is 1. The lowest BCUT2D eigenvalue weighted by molar-refractivity contribution is 0.379. The van der Waals surface area contributed by atoms with E-state index in [1.807, 2.05) is 26.0 Å². The average molecular weight is 260 g/mol. The normalized spacial score (nSPS) is 10.3. The summed E-state index contributed by atoms with van der Waals surface area (Å²) < 4.78 is 10.4. The molecular weight excluding hydrogens is 244 g/mol. The number of nitrogens with zero attached hydrogens (tertiary/aromatic N) is 3. The molecule has 0 radical (unpaired) electrons. The second-order valence-corrected chi connectivity index (χ2v) is 4.09. The minimum Gasteiger partial charge on any atom is -0.496 e. The second-order valence-electron chi connectivity index (χ2n) is 4.09. The van der Waals surface area contributed by atoms with E-state index < -0.39 is 0 Å². The highest BCUT2D eigenvalue weighted by Gasteiger charge is 2.15. The van der Waals surface area contributed by atoms with Gasteiger partial charge in [0.1, 0.15) is 5.75 Å². The van der Waals surface area contributed by atoms with Gasteiger partial charge in [0, 0.05) is 0 Å². The van der Waals surface area contributed by atoms with Gasteiger partial charge in [0.05, 0.1) is 19.8 Å². The first kappa shape index (κ1) is 13.1.